The number of nitrogens with zero attached hydrogens (tertiary/aromatic N) is 2. The van der Waals surface area contributed by atoms with Gasteiger partial charge in [0.25, 0.3) is 0 Å². The van der Waals surface area contributed by atoms with Crippen LogP contribution in [0.25, 0.3) is 0 Å². The Bertz CT molecular complexity index is 1570. The summed E-state index contributed by atoms with van der Waals surface area (Å²) < 4.78 is 32.4. The molecule has 3 aliphatic rings. The molecule has 0 unspecified atom stereocenters. The number of anilines is 1. The lowest BCUT2D eigenvalue weighted by Gasteiger charge is -2.49. The Morgan fingerprint density at radius 3 is 2.72 bits per heavy atom. The summed E-state index contributed by atoms with van der Waals surface area (Å²) >= 11 is 6.29. The van der Waals surface area contributed by atoms with Crippen molar-refractivity contribution in [1.29, 1.82) is 0 Å². The minimum atomic E-state index is -0.902. The van der Waals surface area contributed by atoms with Crippen LogP contribution in [0.5, 0.6) is 5.75 Å². The number of nitrogens with one attached hydrogen (secondary N) is 1. The third-order valence-electron chi connectivity index (χ3n) is 10.4. The number of carbonyl (C=O) groups is 1. The molecule has 1 aromatic heterocycles. The van der Waals surface area contributed by atoms with E-state index in [0.29, 0.717) is 55.3 Å². The van der Waals surface area contributed by atoms with E-state index in [9.17, 15) is 4.79 Å². The van der Waals surface area contributed by atoms with Crippen LogP contribution < -0.4 is 10.1 Å². The number of aromatic nitrogens is 1. The number of halogens is 2. The number of aryl methyl sites for hydroxylation is 1. The van der Waals surface area contributed by atoms with Crippen LogP contribution in [0.15, 0.2) is 48.7 Å². The van der Waals surface area contributed by atoms with Gasteiger partial charge in [-0.05, 0) is 98.4 Å². The zero-order valence-electron chi connectivity index (χ0n) is 27.3. The van der Waals surface area contributed by atoms with Gasteiger partial charge in [-0.2, -0.15) is 0 Å². The van der Waals surface area contributed by atoms with Gasteiger partial charge in [0.15, 0.2) is 0 Å². The summed E-state index contributed by atoms with van der Waals surface area (Å²) in [7, 11) is 3.03. The fourth-order valence-electron chi connectivity index (χ4n) is 8.08. The molecule has 2 aromatic carbocycles. The summed E-state index contributed by atoms with van der Waals surface area (Å²) in [5, 5.41) is 4.09. The van der Waals surface area contributed by atoms with E-state index in [-0.39, 0.29) is 29.9 Å². The molecule has 1 saturated carbocycles. The molecule has 2 atom stereocenters. The van der Waals surface area contributed by atoms with Crippen molar-refractivity contribution in [3.63, 3.8) is 0 Å². The highest BCUT2D eigenvalue weighted by Crippen LogP contribution is 2.52. The lowest BCUT2D eigenvalue weighted by molar-refractivity contribution is -0.148. The second kappa shape index (κ2) is 13.5. The van der Waals surface area contributed by atoms with Gasteiger partial charge in [-0.1, -0.05) is 31.5 Å². The minimum Gasteiger partial charge on any atom is -0.493 e. The standard InChI is InChI=1S/C37H45ClFN3O4/c1-24(22-46-33-11-16-40-32-10-5-7-25(2)34(32)33)20-42-21-26-18-31(39)27(23-44-3)17-30(26)37(42)14-12-36(13-15-37,35(43)45-4)41-29-9-6-8-28(38)19-29/h6,8-9,11,16-19,24-25,41H,5,7,10,12-15,20-23H2,1-4H3/t24-,25-,36?,37?/m1/s1. The van der Waals surface area contributed by atoms with E-state index in [1.807, 2.05) is 42.6 Å². The van der Waals surface area contributed by atoms with Crippen LogP contribution in [0.2, 0.25) is 5.02 Å². The van der Waals surface area contributed by atoms with Crippen molar-refractivity contribution in [2.45, 2.75) is 88.9 Å². The molecule has 6 rings (SSSR count). The molecule has 0 saturated heterocycles. The zero-order chi connectivity index (χ0) is 32.5. The number of fused-ring (bicyclic) bond motifs is 3. The number of rotatable bonds is 10. The third kappa shape index (κ3) is 6.24. The van der Waals surface area contributed by atoms with Crippen LogP contribution in [-0.2, 0) is 39.4 Å². The quantitative estimate of drug-likeness (QED) is 0.225. The molecule has 1 fully saturated rings. The van der Waals surface area contributed by atoms with Gasteiger partial charge in [-0.25, -0.2) is 9.18 Å². The predicted octanol–water partition coefficient (Wildman–Crippen LogP) is 7.78. The van der Waals surface area contributed by atoms with Gasteiger partial charge in [-0.15, -0.1) is 0 Å². The van der Waals surface area contributed by atoms with Gasteiger partial charge in [0.2, 0.25) is 0 Å². The molecule has 9 heteroatoms. The van der Waals surface area contributed by atoms with E-state index in [4.69, 9.17) is 25.8 Å². The molecule has 46 heavy (non-hydrogen) atoms. The van der Waals surface area contributed by atoms with Crippen molar-refractivity contribution in [3.8, 4) is 5.75 Å². The first-order valence-electron chi connectivity index (χ1n) is 16.5. The van der Waals surface area contributed by atoms with E-state index >= 15 is 4.39 Å². The van der Waals surface area contributed by atoms with Crippen LogP contribution in [0.4, 0.5) is 10.1 Å². The number of pyridine rings is 1. The molecular weight excluding hydrogens is 605 g/mol. The first-order chi connectivity index (χ1) is 22.2. The van der Waals surface area contributed by atoms with Gasteiger partial charge in [-0.3, -0.25) is 9.88 Å². The lowest BCUT2D eigenvalue weighted by Crippen LogP contribution is -2.56. The number of benzene rings is 2. The predicted molar refractivity (Wildman–Crippen MR) is 178 cm³/mol. The molecule has 0 radical (unpaired) electrons. The van der Waals surface area contributed by atoms with E-state index in [1.165, 1.54) is 12.7 Å². The van der Waals surface area contributed by atoms with Gasteiger partial charge >= 0.3 is 5.97 Å². The monoisotopic (exact) mass is 649 g/mol. The Morgan fingerprint density at radius 2 is 1.98 bits per heavy atom. The van der Waals surface area contributed by atoms with Crippen LogP contribution in [-0.4, -0.2) is 48.8 Å². The number of hydrogen-bond acceptors (Lipinski definition) is 7. The highest BCUT2D eigenvalue weighted by molar-refractivity contribution is 6.30. The summed E-state index contributed by atoms with van der Waals surface area (Å²) in [4.78, 5) is 20.5. The van der Waals surface area contributed by atoms with Gasteiger partial charge in [0.05, 0.1) is 20.3 Å². The number of methoxy groups -OCH3 is 2. The van der Waals surface area contributed by atoms with E-state index in [0.717, 1.165) is 54.1 Å². The van der Waals surface area contributed by atoms with Crippen molar-refractivity contribution in [1.82, 2.24) is 9.88 Å². The van der Waals surface area contributed by atoms with Crippen LogP contribution in [0, 0.1) is 11.7 Å². The van der Waals surface area contributed by atoms with Crippen LogP contribution in [0.1, 0.15) is 86.2 Å². The molecule has 1 N–H and O–H groups in total. The fraction of sp³-hybridized carbons (Fsp3) is 0.514. The normalized spacial score (nSPS) is 24.7. The van der Waals surface area contributed by atoms with E-state index < -0.39 is 5.54 Å². The lowest BCUT2D eigenvalue weighted by atomic mass is 9.68. The van der Waals surface area contributed by atoms with E-state index in [1.54, 1.807) is 13.2 Å². The maximum Gasteiger partial charge on any atom is 0.331 e. The molecule has 2 heterocycles. The zero-order valence-corrected chi connectivity index (χ0v) is 28.1. The number of hydrogen-bond donors (Lipinski definition) is 1. The maximum atomic E-state index is 15.2. The van der Waals surface area contributed by atoms with Crippen molar-refractivity contribution < 1.29 is 23.4 Å². The Balaban J connectivity index is 1.26. The second-order valence-electron chi connectivity index (χ2n) is 13.5. The molecule has 3 aromatic rings. The number of ether oxygens (including phenoxy) is 3. The summed E-state index contributed by atoms with van der Waals surface area (Å²) in [6.45, 7) is 6.66. The topological polar surface area (TPSA) is 72.9 Å². The van der Waals surface area contributed by atoms with Crippen molar-refractivity contribution in [2.24, 2.45) is 5.92 Å². The molecule has 246 valence electrons. The summed E-state index contributed by atoms with van der Waals surface area (Å²) in [5.74, 6) is 1.06. The SMILES string of the molecule is COCc1cc2c(cc1F)CN(C[C@@H](C)COc1ccnc3c1[C@H](C)CCC3)C21CCC(Nc2cccc(Cl)c2)(C(=O)OC)CC1. The molecule has 0 amide bonds. The smallest absolute Gasteiger partial charge is 0.331 e. The average Bonchev–Trinajstić information content (AvgIpc) is 3.31. The second-order valence-corrected chi connectivity index (χ2v) is 14.0. The molecule has 2 aliphatic carbocycles. The van der Waals surface area contributed by atoms with Crippen molar-refractivity contribution in [3.05, 3.63) is 87.4 Å². The van der Waals surface area contributed by atoms with E-state index in [2.05, 4.69) is 29.0 Å². The molecule has 0 bridgehead atoms. The maximum absolute atomic E-state index is 15.2. The molecule has 1 aliphatic heterocycles. The first kappa shape index (κ1) is 32.7. The van der Waals surface area contributed by atoms with Crippen molar-refractivity contribution in [2.75, 3.05) is 32.7 Å². The Kier molecular flexibility index (Phi) is 9.60. The Labute approximate surface area is 276 Å². The highest BCUT2D eigenvalue weighted by atomic mass is 35.5. The Morgan fingerprint density at radius 1 is 1.17 bits per heavy atom. The summed E-state index contributed by atoms with van der Waals surface area (Å²) in [5.41, 5.74) is 4.61. The summed E-state index contributed by atoms with van der Waals surface area (Å²) in [6, 6.07) is 13.1. The number of carbonyl (C=O) groups excluding carboxylic acids is 1. The van der Waals surface area contributed by atoms with Crippen LogP contribution >= 0.6 is 11.6 Å². The van der Waals surface area contributed by atoms with Gasteiger partial charge < -0.3 is 19.5 Å². The largest absolute Gasteiger partial charge is 0.493 e. The van der Waals surface area contributed by atoms with Gasteiger partial charge in [0, 0.05) is 65.4 Å². The Hall–Kier alpha value is -3.20. The highest BCUT2D eigenvalue weighted by Gasteiger charge is 2.54. The fourth-order valence-corrected chi connectivity index (χ4v) is 8.27. The molecule has 1 spiro atoms. The third-order valence-corrected chi connectivity index (χ3v) is 10.6. The molecule has 7 nitrogen and oxygen atoms in total. The van der Waals surface area contributed by atoms with Crippen molar-refractivity contribution >= 4 is 23.3 Å². The van der Waals surface area contributed by atoms with Gasteiger partial charge in [0.1, 0.15) is 17.1 Å². The minimum absolute atomic E-state index is 0.203. The van der Waals surface area contributed by atoms with Crippen LogP contribution in [0.3, 0.4) is 0 Å². The first-order valence-corrected chi connectivity index (χ1v) is 16.8. The molecular formula is C37H45ClFN3O4. The number of esters is 1. The summed E-state index contributed by atoms with van der Waals surface area (Å²) in [6.07, 6.45) is 7.67. The average molecular weight is 650 g/mol.